The molecule has 0 aliphatic carbocycles. The average Bonchev–Trinajstić information content (AvgIpc) is 2.75. The highest BCUT2D eigenvalue weighted by Gasteiger charge is 2.15. The molecular weight excluding hydrogens is 374 g/mol. The molecule has 3 aromatic rings. The van der Waals surface area contributed by atoms with Gasteiger partial charge >= 0.3 is 0 Å². The molecule has 1 unspecified atom stereocenters. The lowest BCUT2D eigenvalue weighted by molar-refractivity contribution is -0.122. The van der Waals surface area contributed by atoms with Gasteiger partial charge in [-0.25, -0.2) is 0 Å². The molecule has 4 nitrogen and oxygen atoms in total. The van der Waals surface area contributed by atoms with Gasteiger partial charge in [-0.2, -0.15) is 0 Å². The van der Waals surface area contributed by atoms with E-state index in [9.17, 15) is 4.79 Å². The van der Waals surface area contributed by atoms with Crippen molar-refractivity contribution in [2.75, 3.05) is 11.9 Å². The fourth-order valence-corrected chi connectivity index (χ4v) is 3.03. The van der Waals surface area contributed by atoms with E-state index in [1.807, 2.05) is 66.7 Å². The lowest BCUT2D eigenvalue weighted by Gasteiger charge is -2.16. The highest BCUT2D eigenvalue weighted by molar-refractivity contribution is 5.94. The zero-order valence-corrected chi connectivity index (χ0v) is 17.8. The van der Waals surface area contributed by atoms with Crippen LogP contribution in [0.5, 0.6) is 11.5 Å². The molecule has 0 aliphatic rings. The van der Waals surface area contributed by atoms with Crippen LogP contribution < -0.4 is 14.8 Å². The topological polar surface area (TPSA) is 47.6 Å². The van der Waals surface area contributed by atoms with Crippen LogP contribution in [0.3, 0.4) is 0 Å². The normalized spacial score (nSPS) is 11.7. The number of nitrogens with one attached hydrogen (secondary N) is 1. The molecule has 4 heteroatoms. The first-order chi connectivity index (χ1) is 14.5. The second-order valence-corrected chi connectivity index (χ2v) is 7.58. The Labute approximate surface area is 178 Å². The third-order valence-corrected chi connectivity index (χ3v) is 4.83. The van der Waals surface area contributed by atoms with Crippen molar-refractivity contribution in [3.63, 3.8) is 0 Å². The summed E-state index contributed by atoms with van der Waals surface area (Å²) in [5.74, 6) is 1.66. The number of hydrogen-bond acceptors (Lipinski definition) is 3. The number of carbonyl (C=O) groups excluding carboxylic acids is 1. The summed E-state index contributed by atoms with van der Waals surface area (Å²) in [6.07, 6.45) is 0.218. The molecule has 0 radical (unpaired) electrons. The lowest BCUT2D eigenvalue weighted by Crippen LogP contribution is -2.30. The highest BCUT2D eigenvalue weighted by Crippen LogP contribution is 2.21. The van der Waals surface area contributed by atoms with Gasteiger partial charge in [-0.15, -0.1) is 0 Å². The molecule has 0 aliphatic heterocycles. The highest BCUT2D eigenvalue weighted by atomic mass is 16.5. The fourth-order valence-electron chi connectivity index (χ4n) is 3.03. The summed E-state index contributed by atoms with van der Waals surface area (Å²) in [4.78, 5) is 12.5. The van der Waals surface area contributed by atoms with Crippen molar-refractivity contribution in [3.8, 4) is 11.5 Å². The Morgan fingerprint density at radius 1 is 0.867 bits per heavy atom. The Balaban J connectivity index is 1.51. The third kappa shape index (κ3) is 6.38. The van der Waals surface area contributed by atoms with Gasteiger partial charge in [-0.05, 0) is 48.2 Å². The molecule has 0 bridgehead atoms. The predicted octanol–water partition coefficient (Wildman–Crippen LogP) is 5.84. The molecule has 1 atom stereocenters. The summed E-state index contributed by atoms with van der Waals surface area (Å²) in [7, 11) is 0. The maximum absolute atomic E-state index is 12.5. The molecule has 30 heavy (non-hydrogen) atoms. The molecule has 0 saturated carbocycles. The maximum Gasteiger partial charge on any atom is 0.265 e. The van der Waals surface area contributed by atoms with Crippen molar-refractivity contribution in [2.45, 2.75) is 39.2 Å². The largest absolute Gasteiger partial charge is 0.493 e. The van der Waals surface area contributed by atoms with Gasteiger partial charge in [-0.1, -0.05) is 62.4 Å². The molecule has 3 rings (SSSR count). The third-order valence-electron chi connectivity index (χ3n) is 4.83. The second-order valence-electron chi connectivity index (χ2n) is 7.58. The van der Waals surface area contributed by atoms with Gasteiger partial charge in [0.1, 0.15) is 11.5 Å². The van der Waals surface area contributed by atoms with E-state index >= 15 is 0 Å². The summed E-state index contributed by atoms with van der Waals surface area (Å²) in [5.41, 5.74) is 3.15. The summed E-state index contributed by atoms with van der Waals surface area (Å²) in [6.45, 7) is 6.61. The van der Waals surface area contributed by atoms with Crippen LogP contribution in [-0.2, 0) is 11.2 Å². The molecule has 1 amide bonds. The Kier molecular flexibility index (Phi) is 7.50. The van der Waals surface area contributed by atoms with E-state index in [0.717, 1.165) is 12.2 Å². The molecule has 3 aromatic carbocycles. The van der Waals surface area contributed by atoms with Gasteiger partial charge in [0.25, 0.3) is 5.91 Å². The van der Waals surface area contributed by atoms with Gasteiger partial charge in [-0.3, -0.25) is 4.79 Å². The Hall–Kier alpha value is -3.27. The van der Waals surface area contributed by atoms with Crippen LogP contribution in [0.25, 0.3) is 0 Å². The quantitative estimate of drug-likeness (QED) is 0.488. The fraction of sp³-hybridized carbons (Fsp3) is 0.269. The zero-order chi connectivity index (χ0) is 21.3. The lowest BCUT2D eigenvalue weighted by atomic mass is 10.0. The minimum absolute atomic E-state index is 0.204. The first kappa shape index (κ1) is 21.4. The number of carbonyl (C=O) groups is 1. The van der Waals surface area contributed by atoms with E-state index in [2.05, 4.69) is 31.3 Å². The maximum atomic E-state index is 12.5. The van der Waals surface area contributed by atoms with Gasteiger partial charge < -0.3 is 14.8 Å². The van der Waals surface area contributed by atoms with E-state index in [-0.39, 0.29) is 5.91 Å². The van der Waals surface area contributed by atoms with E-state index in [0.29, 0.717) is 24.0 Å². The number of rotatable bonds is 9. The van der Waals surface area contributed by atoms with Gasteiger partial charge in [0.2, 0.25) is 0 Å². The van der Waals surface area contributed by atoms with Crippen LogP contribution in [0.1, 0.15) is 37.8 Å². The van der Waals surface area contributed by atoms with Crippen molar-refractivity contribution in [2.24, 2.45) is 0 Å². The molecule has 0 fully saturated rings. The monoisotopic (exact) mass is 403 g/mol. The Morgan fingerprint density at radius 2 is 1.60 bits per heavy atom. The number of anilines is 1. The van der Waals surface area contributed by atoms with Crippen LogP contribution >= 0.6 is 0 Å². The molecule has 1 N–H and O–H groups in total. The van der Waals surface area contributed by atoms with Crippen molar-refractivity contribution >= 4 is 11.6 Å². The number of benzene rings is 3. The molecule has 156 valence electrons. The summed E-state index contributed by atoms with van der Waals surface area (Å²) in [5, 5.41) is 2.90. The van der Waals surface area contributed by atoms with Crippen molar-refractivity contribution < 1.29 is 14.3 Å². The molecule has 0 aromatic heterocycles. The van der Waals surface area contributed by atoms with Crippen molar-refractivity contribution in [3.05, 3.63) is 90.0 Å². The first-order valence-corrected chi connectivity index (χ1v) is 10.4. The SMILES string of the molecule is CC(Oc1ccc(C(C)C)cc1)C(=O)Nc1cccc(OCCc2ccccc2)c1. The molecular formula is C26H29NO3. The standard InChI is InChI=1S/C26H29NO3/c1-19(2)22-12-14-24(15-13-22)30-20(3)26(28)27-23-10-7-11-25(18-23)29-17-16-21-8-5-4-6-9-21/h4-15,18-20H,16-17H2,1-3H3,(H,27,28). The van der Waals surface area contributed by atoms with E-state index in [1.54, 1.807) is 6.92 Å². The Bertz CT molecular complexity index is 936. The molecule has 0 saturated heterocycles. The van der Waals surface area contributed by atoms with E-state index < -0.39 is 6.10 Å². The van der Waals surface area contributed by atoms with Crippen LogP contribution in [-0.4, -0.2) is 18.6 Å². The first-order valence-electron chi connectivity index (χ1n) is 10.4. The summed E-state index contributed by atoms with van der Waals surface area (Å²) >= 11 is 0. The van der Waals surface area contributed by atoms with Crippen molar-refractivity contribution in [1.29, 1.82) is 0 Å². The van der Waals surface area contributed by atoms with Gasteiger partial charge in [0, 0.05) is 18.2 Å². The smallest absolute Gasteiger partial charge is 0.265 e. The van der Waals surface area contributed by atoms with Crippen LogP contribution in [0.15, 0.2) is 78.9 Å². The summed E-state index contributed by atoms with van der Waals surface area (Å²) in [6, 6.07) is 25.5. The minimum Gasteiger partial charge on any atom is -0.493 e. The number of ether oxygens (including phenoxy) is 2. The van der Waals surface area contributed by atoms with E-state index in [1.165, 1.54) is 11.1 Å². The van der Waals surface area contributed by atoms with E-state index in [4.69, 9.17) is 9.47 Å². The van der Waals surface area contributed by atoms with Gasteiger partial charge in [0.15, 0.2) is 6.10 Å². The summed E-state index contributed by atoms with van der Waals surface area (Å²) < 4.78 is 11.6. The zero-order valence-electron chi connectivity index (χ0n) is 17.8. The molecule has 0 spiro atoms. The molecule has 0 heterocycles. The van der Waals surface area contributed by atoms with Crippen molar-refractivity contribution in [1.82, 2.24) is 0 Å². The van der Waals surface area contributed by atoms with Crippen LogP contribution in [0, 0.1) is 0 Å². The van der Waals surface area contributed by atoms with Crippen LogP contribution in [0.4, 0.5) is 5.69 Å². The predicted molar refractivity (Wildman–Crippen MR) is 121 cm³/mol. The number of amides is 1. The number of hydrogen-bond donors (Lipinski definition) is 1. The van der Waals surface area contributed by atoms with Gasteiger partial charge in [0.05, 0.1) is 6.61 Å². The minimum atomic E-state index is -0.613. The van der Waals surface area contributed by atoms with Crippen LogP contribution in [0.2, 0.25) is 0 Å². The second kappa shape index (κ2) is 10.5. The Morgan fingerprint density at radius 3 is 2.30 bits per heavy atom. The average molecular weight is 404 g/mol.